The number of carbonyl (C=O) groups excluding carboxylic acids is 2. The predicted molar refractivity (Wildman–Crippen MR) is 154 cm³/mol. The van der Waals surface area contributed by atoms with E-state index in [0.29, 0.717) is 59.3 Å². The molecule has 2 saturated carbocycles. The Bertz CT molecular complexity index is 1490. The maximum Gasteiger partial charge on any atom is 0.410 e. The van der Waals surface area contributed by atoms with Crippen molar-refractivity contribution >= 4 is 12.1 Å². The molecule has 0 radical (unpaired) electrons. The van der Waals surface area contributed by atoms with E-state index in [1.54, 1.807) is 18.1 Å². The van der Waals surface area contributed by atoms with Gasteiger partial charge in [-0.3, -0.25) is 4.90 Å². The number of carbonyl (C=O) groups is 2. The average Bonchev–Trinajstić information content (AvgIpc) is 3.78. The molecule has 1 amide bonds. The third-order valence-corrected chi connectivity index (χ3v) is 9.74. The van der Waals surface area contributed by atoms with E-state index in [2.05, 4.69) is 0 Å². The number of fused-ring (bicyclic) bond motifs is 5. The molecule has 2 fully saturated rings. The highest BCUT2D eigenvalue weighted by molar-refractivity contribution is 5.98. The van der Waals surface area contributed by atoms with Crippen LogP contribution in [0.5, 0.6) is 28.7 Å². The van der Waals surface area contributed by atoms with Crippen LogP contribution in [0.15, 0.2) is 12.1 Å². The second-order valence-corrected chi connectivity index (χ2v) is 13.1. The lowest BCUT2D eigenvalue weighted by molar-refractivity contribution is -0.0196. The largest absolute Gasteiger partial charge is 0.493 e. The standard InChI is InChI=1S/C33H39NO9/c1-33(2,3)43-32(36)34-12-11-18-22(20-14-16-7-8-17(20)13-16)29-30(41-15-40-29)28(39-6)23(18)25(34)26-19-9-10-21(37-4)27(38-5)24(19)31(35)42-26/h9-10,16-17,20,25-26H,7-8,11-15H2,1-6H3/t16?,17?,20?,25-,26+/m1/s1. The van der Waals surface area contributed by atoms with Crippen molar-refractivity contribution in [2.75, 3.05) is 34.7 Å². The fourth-order valence-electron chi connectivity index (χ4n) is 8.19. The molecule has 0 N–H and O–H groups in total. The summed E-state index contributed by atoms with van der Waals surface area (Å²) in [5.74, 6) is 3.62. The predicted octanol–water partition coefficient (Wildman–Crippen LogP) is 6.09. The van der Waals surface area contributed by atoms with Gasteiger partial charge < -0.3 is 33.2 Å². The minimum atomic E-state index is -0.851. The van der Waals surface area contributed by atoms with Gasteiger partial charge in [0.25, 0.3) is 0 Å². The van der Waals surface area contributed by atoms with E-state index in [4.69, 9.17) is 33.2 Å². The number of ether oxygens (including phenoxy) is 7. The molecule has 0 aromatic heterocycles. The molecular formula is C33H39NO9. The minimum absolute atomic E-state index is 0.0983. The van der Waals surface area contributed by atoms with E-state index in [1.807, 2.05) is 26.8 Å². The Balaban J connectivity index is 1.45. The molecule has 2 aliphatic carbocycles. The number of rotatable bonds is 5. The number of hydrogen-bond donors (Lipinski definition) is 0. The molecule has 5 atom stereocenters. The van der Waals surface area contributed by atoms with Gasteiger partial charge in [0.05, 0.1) is 21.3 Å². The van der Waals surface area contributed by atoms with Crippen molar-refractivity contribution in [1.29, 1.82) is 0 Å². The molecule has 2 aromatic carbocycles. The van der Waals surface area contributed by atoms with Crippen LogP contribution in [0.2, 0.25) is 0 Å². The van der Waals surface area contributed by atoms with Crippen LogP contribution in [0.1, 0.15) is 97.1 Å². The highest BCUT2D eigenvalue weighted by Gasteiger charge is 2.52. The average molecular weight is 594 g/mol. The molecule has 5 aliphatic rings. The third kappa shape index (κ3) is 4.27. The normalized spacial score (nSPS) is 26.6. The Morgan fingerprint density at radius 1 is 0.953 bits per heavy atom. The first kappa shape index (κ1) is 28.0. The maximum atomic E-state index is 13.9. The molecule has 7 rings (SSSR count). The van der Waals surface area contributed by atoms with Gasteiger partial charge >= 0.3 is 12.1 Å². The lowest BCUT2D eigenvalue weighted by Gasteiger charge is -2.42. The molecule has 3 unspecified atom stereocenters. The van der Waals surface area contributed by atoms with Crippen molar-refractivity contribution in [3.8, 4) is 28.7 Å². The van der Waals surface area contributed by atoms with E-state index >= 15 is 0 Å². The zero-order valence-corrected chi connectivity index (χ0v) is 25.6. The quantitative estimate of drug-likeness (QED) is 0.381. The Kier molecular flexibility index (Phi) is 6.59. The van der Waals surface area contributed by atoms with Gasteiger partial charge in [0.2, 0.25) is 12.5 Å². The van der Waals surface area contributed by atoms with Crippen LogP contribution in [0.4, 0.5) is 4.79 Å². The van der Waals surface area contributed by atoms with Gasteiger partial charge in [-0.1, -0.05) is 12.5 Å². The van der Waals surface area contributed by atoms with Crippen molar-refractivity contribution < 1.29 is 42.7 Å². The number of esters is 1. The van der Waals surface area contributed by atoms with Crippen LogP contribution in [-0.4, -0.2) is 57.2 Å². The van der Waals surface area contributed by atoms with Crippen LogP contribution in [0.25, 0.3) is 0 Å². The van der Waals surface area contributed by atoms with Gasteiger partial charge in [0, 0.05) is 23.2 Å². The fraction of sp³-hybridized carbons (Fsp3) is 0.576. The van der Waals surface area contributed by atoms with Crippen molar-refractivity contribution in [3.63, 3.8) is 0 Å². The van der Waals surface area contributed by atoms with Crippen molar-refractivity contribution in [2.45, 2.75) is 76.5 Å². The summed E-state index contributed by atoms with van der Waals surface area (Å²) in [6.07, 6.45) is 4.05. The third-order valence-electron chi connectivity index (χ3n) is 9.74. The van der Waals surface area contributed by atoms with Crippen molar-refractivity contribution in [3.05, 3.63) is 39.9 Å². The van der Waals surface area contributed by atoms with Crippen LogP contribution in [0.3, 0.4) is 0 Å². The van der Waals surface area contributed by atoms with Gasteiger partial charge in [-0.25, -0.2) is 9.59 Å². The van der Waals surface area contributed by atoms with Gasteiger partial charge in [-0.15, -0.1) is 0 Å². The Morgan fingerprint density at radius 2 is 1.72 bits per heavy atom. The van der Waals surface area contributed by atoms with E-state index in [0.717, 1.165) is 23.3 Å². The number of benzene rings is 2. The minimum Gasteiger partial charge on any atom is -0.493 e. The number of methoxy groups -OCH3 is 3. The molecule has 2 bridgehead atoms. The summed E-state index contributed by atoms with van der Waals surface area (Å²) in [4.78, 5) is 29.1. The molecule has 43 heavy (non-hydrogen) atoms. The van der Waals surface area contributed by atoms with Crippen molar-refractivity contribution in [1.82, 2.24) is 4.90 Å². The number of hydrogen-bond acceptors (Lipinski definition) is 9. The molecule has 0 saturated heterocycles. The van der Waals surface area contributed by atoms with Crippen LogP contribution >= 0.6 is 0 Å². The summed E-state index contributed by atoms with van der Waals surface area (Å²) < 4.78 is 41.5. The summed E-state index contributed by atoms with van der Waals surface area (Å²) in [6, 6.07) is 2.82. The SMILES string of the molecule is COc1ccc2c(c1OC)C(=O)O[C@@H]2[C@H]1c2c(c(C3CC4CCC3C4)c3c(c2OC)OCO3)CCN1C(=O)OC(C)(C)C. The van der Waals surface area contributed by atoms with Gasteiger partial charge in [-0.05, 0) is 75.8 Å². The molecule has 3 heterocycles. The summed E-state index contributed by atoms with van der Waals surface area (Å²) >= 11 is 0. The van der Waals surface area contributed by atoms with Crippen LogP contribution < -0.4 is 23.7 Å². The van der Waals surface area contributed by atoms with E-state index in [-0.39, 0.29) is 12.4 Å². The Morgan fingerprint density at radius 3 is 2.37 bits per heavy atom. The molecule has 2 aromatic rings. The molecule has 3 aliphatic heterocycles. The van der Waals surface area contributed by atoms with Crippen LogP contribution in [-0.2, 0) is 15.9 Å². The second kappa shape index (κ2) is 10.1. The zero-order valence-electron chi connectivity index (χ0n) is 25.6. The van der Waals surface area contributed by atoms with Crippen molar-refractivity contribution in [2.24, 2.45) is 11.8 Å². The summed E-state index contributed by atoms with van der Waals surface area (Å²) in [5, 5.41) is 0. The smallest absolute Gasteiger partial charge is 0.410 e. The first-order chi connectivity index (χ1) is 20.6. The summed E-state index contributed by atoms with van der Waals surface area (Å²) in [7, 11) is 4.61. The fourth-order valence-corrected chi connectivity index (χ4v) is 8.19. The number of nitrogens with zero attached hydrogens (tertiary/aromatic N) is 1. The van der Waals surface area contributed by atoms with Crippen LogP contribution in [0, 0.1) is 11.8 Å². The zero-order chi connectivity index (χ0) is 30.2. The van der Waals surface area contributed by atoms with E-state index in [1.165, 1.54) is 39.0 Å². The Hall–Kier alpha value is -3.82. The Labute approximate surface area is 251 Å². The number of amides is 1. The molecule has 10 heteroatoms. The van der Waals surface area contributed by atoms with E-state index < -0.39 is 29.8 Å². The summed E-state index contributed by atoms with van der Waals surface area (Å²) in [6.45, 7) is 5.99. The first-order valence-corrected chi connectivity index (χ1v) is 15.1. The van der Waals surface area contributed by atoms with Gasteiger partial charge in [0.1, 0.15) is 17.2 Å². The highest BCUT2D eigenvalue weighted by atomic mass is 16.7. The topological polar surface area (TPSA) is 102 Å². The lowest BCUT2D eigenvalue weighted by Crippen LogP contribution is -2.45. The van der Waals surface area contributed by atoms with Gasteiger partial charge in [-0.2, -0.15) is 0 Å². The summed E-state index contributed by atoms with van der Waals surface area (Å²) in [5.41, 5.74) is 3.21. The number of cyclic esters (lactones) is 1. The second-order valence-electron chi connectivity index (χ2n) is 13.1. The van der Waals surface area contributed by atoms with Gasteiger partial charge in [0.15, 0.2) is 29.1 Å². The molecule has 0 spiro atoms. The lowest BCUT2D eigenvalue weighted by atomic mass is 9.75. The van der Waals surface area contributed by atoms with E-state index in [9.17, 15) is 9.59 Å². The molecular weight excluding hydrogens is 554 g/mol. The molecule has 10 nitrogen and oxygen atoms in total. The monoisotopic (exact) mass is 593 g/mol. The maximum absolute atomic E-state index is 13.9. The first-order valence-electron chi connectivity index (χ1n) is 15.1. The highest BCUT2D eigenvalue weighted by Crippen LogP contribution is 2.62. The molecule has 230 valence electrons.